The van der Waals surface area contributed by atoms with Crippen LogP contribution in [0.4, 0.5) is 0 Å². The van der Waals surface area contributed by atoms with E-state index in [1.165, 1.54) is 12.8 Å². The zero-order valence-electron chi connectivity index (χ0n) is 8.91. The molecule has 1 N–H and O–H groups in total. The number of methoxy groups -OCH3 is 1. The Morgan fingerprint density at radius 3 is 2.47 bits per heavy atom. The molecule has 0 unspecified atom stereocenters. The van der Waals surface area contributed by atoms with Crippen LogP contribution in [-0.2, 0) is 10.3 Å². The lowest BCUT2D eigenvalue weighted by Crippen LogP contribution is -2.29. The second-order valence-corrected chi connectivity index (χ2v) is 4.06. The molecule has 0 saturated heterocycles. The van der Waals surface area contributed by atoms with Crippen LogP contribution in [0.15, 0.2) is 9.32 Å². The Morgan fingerprint density at radius 2 is 2.00 bits per heavy atom. The van der Waals surface area contributed by atoms with Crippen molar-refractivity contribution in [3.05, 3.63) is 16.4 Å². The molecule has 1 aliphatic carbocycles. The predicted octanol–water partition coefficient (Wildman–Crippen LogP) is 1.56. The van der Waals surface area contributed by atoms with E-state index < -0.39 is 11.4 Å². The highest BCUT2D eigenvalue weighted by Crippen LogP contribution is 2.36. The molecular weight excluding hydrogens is 196 g/mol. The Labute approximate surface area is 87.8 Å². The Balaban J connectivity index is 2.30. The molecule has 15 heavy (non-hydrogen) atoms. The third-order valence-corrected chi connectivity index (χ3v) is 3.17. The molecule has 0 spiro atoms. The minimum Gasteiger partial charge on any atom is -0.370 e. The summed E-state index contributed by atoms with van der Waals surface area (Å²) in [5.41, 5.74) is -0.442. The molecule has 2 rings (SSSR count). The molecule has 0 aromatic carbocycles. The average Bonchev–Trinajstić information content (AvgIpc) is 2.56. The normalized spacial score (nSPS) is 21.1. The standard InChI is InChI=1S/C10H16N2O3/c1-14-10(6-4-2-3-5-7-10)8-11-9(13)15-12-8/h2-7H2,1H3,(H,11,12,13). The van der Waals surface area contributed by atoms with Gasteiger partial charge in [-0.2, -0.15) is 0 Å². The van der Waals surface area contributed by atoms with E-state index in [9.17, 15) is 4.79 Å². The number of hydrogen-bond acceptors (Lipinski definition) is 4. The first kappa shape index (κ1) is 10.4. The molecular formula is C10H16N2O3. The Hall–Kier alpha value is -1.10. The van der Waals surface area contributed by atoms with Crippen molar-refractivity contribution in [1.29, 1.82) is 0 Å². The molecule has 5 nitrogen and oxygen atoms in total. The van der Waals surface area contributed by atoms with Gasteiger partial charge >= 0.3 is 5.76 Å². The maximum absolute atomic E-state index is 10.9. The molecule has 0 radical (unpaired) electrons. The SMILES string of the molecule is COC1(c2noc(=O)[nH]2)CCCCCC1. The van der Waals surface area contributed by atoms with Crippen LogP contribution >= 0.6 is 0 Å². The van der Waals surface area contributed by atoms with E-state index in [0.717, 1.165) is 25.7 Å². The number of aromatic amines is 1. The number of nitrogens with one attached hydrogen (secondary N) is 1. The monoisotopic (exact) mass is 212 g/mol. The lowest BCUT2D eigenvalue weighted by Gasteiger charge is -2.27. The van der Waals surface area contributed by atoms with Crippen molar-refractivity contribution >= 4 is 0 Å². The van der Waals surface area contributed by atoms with Gasteiger partial charge in [0.25, 0.3) is 0 Å². The highest BCUT2D eigenvalue weighted by molar-refractivity contribution is 5.00. The van der Waals surface area contributed by atoms with Gasteiger partial charge < -0.3 is 4.74 Å². The fraction of sp³-hybridized carbons (Fsp3) is 0.800. The summed E-state index contributed by atoms with van der Waals surface area (Å²) in [4.78, 5) is 13.5. The number of rotatable bonds is 2. The number of ether oxygens (including phenoxy) is 1. The van der Waals surface area contributed by atoms with Gasteiger partial charge in [0.1, 0.15) is 5.60 Å². The summed E-state index contributed by atoms with van der Waals surface area (Å²) in [5.74, 6) is 0.0302. The van der Waals surface area contributed by atoms with Crippen LogP contribution in [0.2, 0.25) is 0 Å². The summed E-state index contributed by atoms with van der Waals surface area (Å²) < 4.78 is 10.1. The van der Waals surface area contributed by atoms with Gasteiger partial charge in [0.15, 0.2) is 5.82 Å². The van der Waals surface area contributed by atoms with Crippen molar-refractivity contribution in [3.63, 3.8) is 0 Å². The first-order chi connectivity index (χ1) is 7.27. The third-order valence-electron chi connectivity index (χ3n) is 3.17. The van der Waals surface area contributed by atoms with Crippen molar-refractivity contribution in [3.8, 4) is 0 Å². The Bertz CT molecular complexity index is 361. The van der Waals surface area contributed by atoms with Crippen LogP contribution in [-0.4, -0.2) is 17.3 Å². The molecule has 1 aromatic rings. The van der Waals surface area contributed by atoms with Crippen LogP contribution in [0.25, 0.3) is 0 Å². The molecule has 84 valence electrons. The molecule has 1 aromatic heterocycles. The number of nitrogens with zero attached hydrogens (tertiary/aromatic N) is 1. The van der Waals surface area contributed by atoms with Gasteiger partial charge in [-0.1, -0.05) is 30.8 Å². The summed E-state index contributed by atoms with van der Waals surface area (Å²) in [6.45, 7) is 0. The molecule has 0 aliphatic heterocycles. The van der Waals surface area contributed by atoms with E-state index in [0.29, 0.717) is 5.82 Å². The van der Waals surface area contributed by atoms with Crippen LogP contribution in [0, 0.1) is 0 Å². The molecule has 5 heteroatoms. The first-order valence-corrected chi connectivity index (χ1v) is 5.38. The first-order valence-electron chi connectivity index (χ1n) is 5.38. The van der Waals surface area contributed by atoms with Gasteiger partial charge in [0.2, 0.25) is 0 Å². The summed E-state index contributed by atoms with van der Waals surface area (Å²) in [6, 6.07) is 0. The van der Waals surface area contributed by atoms with Gasteiger partial charge in [-0.05, 0) is 12.8 Å². The van der Waals surface area contributed by atoms with Gasteiger partial charge in [-0.15, -0.1) is 0 Å². The minimum atomic E-state index is -0.509. The van der Waals surface area contributed by atoms with Crippen molar-refractivity contribution < 1.29 is 9.26 Å². The van der Waals surface area contributed by atoms with Crippen molar-refractivity contribution in [1.82, 2.24) is 10.1 Å². The minimum absolute atomic E-state index is 0.442. The largest absolute Gasteiger partial charge is 0.439 e. The zero-order chi connectivity index (χ0) is 10.7. The highest BCUT2D eigenvalue weighted by Gasteiger charge is 2.36. The van der Waals surface area contributed by atoms with Gasteiger partial charge in [-0.25, -0.2) is 4.79 Å². The van der Waals surface area contributed by atoms with Crippen molar-refractivity contribution in [2.45, 2.75) is 44.1 Å². The summed E-state index contributed by atoms with van der Waals surface area (Å²) >= 11 is 0. The number of H-pyrrole nitrogens is 1. The molecule has 1 fully saturated rings. The maximum Gasteiger partial charge on any atom is 0.439 e. The predicted molar refractivity (Wildman–Crippen MR) is 53.5 cm³/mol. The lowest BCUT2D eigenvalue weighted by molar-refractivity contribution is -0.0365. The van der Waals surface area contributed by atoms with Crippen LogP contribution in [0.1, 0.15) is 44.3 Å². The van der Waals surface area contributed by atoms with Crippen LogP contribution < -0.4 is 5.76 Å². The summed E-state index contributed by atoms with van der Waals surface area (Å²) in [6.07, 6.45) is 6.42. The lowest BCUT2D eigenvalue weighted by atomic mass is 9.93. The maximum atomic E-state index is 10.9. The van der Waals surface area contributed by atoms with Crippen molar-refractivity contribution in [2.75, 3.05) is 7.11 Å². The summed E-state index contributed by atoms with van der Waals surface area (Å²) in [5, 5.41) is 3.76. The summed E-state index contributed by atoms with van der Waals surface area (Å²) in [7, 11) is 1.66. The second-order valence-electron chi connectivity index (χ2n) is 4.06. The van der Waals surface area contributed by atoms with Gasteiger partial charge in [-0.3, -0.25) is 9.51 Å². The Morgan fingerprint density at radius 1 is 1.33 bits per heavy atom. The molecule has 0 amide bonds. The van der Waals surface area contributed by atoms with Gasteiger partial charge in [0, 0.05) is 7.11 Å². The Kier molecular flexibility index (Phi) is 2.90. The van der Waals surface area contributed by atoms with E-state index in [1.807, 2.05) is 0 Å². The fourth-order valence-corrected chi connectivity index (χ4v) is 2.26. The molecule has 1 aliphatic rings. The smallest absolute Gasteiger partial charge is 0.370 e. The van der Waals surface area contributed by atoms with E-state index in [1.54, 1.807) is 7.11 Å². The van der Waals surface area contributed by atoms with E-state index in [4.69, 9.17) is 4.74 Å². The third kappa shape index (κ3) is 1.97. The van der Waals surface area contributed by atoms with E-state index >= 15 is 0 Å². The molecule has 1 heterocycles. The van der Waals surface area contributed by atoms with Gasteiger partial charge in [0.05, 0.1) is 0 Å². The zero-order valence-corrected chi connectivity index (χ0v) is 8.91. The topological polar surface area (TPSA) is 68.1 Å². The van der Waals surface area contributed by atoms with Crippen LogP contribution in [0.3, 0.4) is 0 Å². The fourth-order valence-electron chi connectivity index (χ4n) is 2.26. The number of aromatic nitrogens is 2. The van der Waals surface area contributed by atoms with Crippen LogP contribution in [0.5, 0.6) is 0 Å². The molecule has 0 atom stereocenters. The molecule has 0 bridgehead atoms. The average molecular weight is 212 g/mol. The quantitative estimate of drug-likeness (QED) is 0.755. The van der Waals surface area contributed by atoms with Crippen molar-refractivity contribution in [2.24, 2.45) is 0 Å². The van der Waals surface area contributed by atoms with E-state index in [-0.39, 0.29) is 0 Å². The second kappa shape index (κ2) is 4.18. The number of hydrogen-bond donors (Lipinski definition) is 1. The van der Waals surface area contributed by atoms with E-state index in [2.05, 4.69) is 14.7 Å². The molecule has 1 saturated carbocycles. The highest BCUT2D eigenvalue weighted by atomic mass is 16.5.